The van der Waals surface area contributed by atoms with E-state index in [0.29, 0.717) is 24.9 Å². The largest absolute Gasteiger partial charge is 0.483 e. The van der Waals surface area contributed by atoms with E-state index in [1.165, 1.54) is 4.90 Å². The zero-order valence-electron chi connectivity index (χ0n) is 15.2. The van der Waals surface area contributed by atoms with E-state index in [9.17, 15) is 22.8 Å². The molecule has 2 amide bonds. The number of nitrogens with zero attached hydrogens (tertiary/aromatic N) is 1. The second kappa shape index (κ2) is 9.05. The highest BCUT2D eigenvalue weighted by Crippen LogP contribution is 2.61. The summed E-state index contributed by atoms with van der Waals surface area (Å²) in [6.45, 7) is 11.1. The SMILES string of the molecule is CC(C)C.CC1(C)C2CN(C(=O)CNC(=O)C(F)(F)F)CC21.O=CO. The van der Waals surface area contributed by atoms with Crippen LogP contribution < -0.4 is 5.32 Å². The topological polar surface area (TPSA) is 86.7 Å². The lowest BCUT2D eigenvalue weighted by Gasteiger charge is -2.22. The van der Waals surface area contributed by atoms with Crippen LogP contribution in [0.15, 0.2) is 0 Å². The normalized spacial score (nSPS) is 22.7. The van der Waals surface area contributed by atoms with E-state index in [1.54, 1.807) is 5.32 Å². The van der Waals surface area contributed by atoms with Gasteiger partial charge >= 0.3 is 12.1 Å². The molecule has 0 bridgehead atoms. The number of alkyl halides is 3. The fourth-order valence-electron chi connectivity index (χ4n) is 2.70. The number of carboxylic acid groups (broad SMARTS) is 1. The average molecular weight is 368 g/mol. The number of likely N-dealkylation sites (tertiary alicyclic amines) is 1. The number of amides is 2. The van der Waals surface area contributed by atoms with Gasteiger partial charge in [-0.25, -0.2) is 0 Å². The predicted molar refractivity (Wildman–Crippen MR) is 85.6 cm³/mol. The highest BCUT2D eigenvalue weighted by atomic mass is 19.4. The highest BCUT2D eigenvalue weighted by Gasteiger charge is 2.62. The molecule has 1 heterocycles. The van der Waals surface area contributed by atoms with Crippen molar-refractivity contribution in [1.29, 1.82) is 0 Å². The smallest absolute Gasteiger partial charge is 0.471 e. The summed E-state index contributed by atoms with van der Waals surface area (Å²) in [5.74, 6) is -0.796. The van der Waals surface area contributed by atoms with Crippen LogP contribution >= 0.6 is 0 Å². The van der Waals surface area contributed by atoms with Gasteiger partial charge in [-0.3, -0.25) is 14.4 Å². The molecule has 1 aliphatic heterocycles. The van der Waals surface area contributed by atoms with Gasteiger partial charge in [0.1, 0.15) is 0 Å². The van der Waals surface area contributed by atoms with Gasteiger partial charge in [-0.15, -0.1) is 0 Å². The number of fused-ring (bicyclic) bond motifs is 1. The molecule has 0 spiro atoms. The molecule has 0 aromatic heterocycles. The number of halogens is 3. The lowest BCUT2D eigenvalue weighted by molar-refractivity contribution is -0.174. The first-order valence-electron chi connectivity index (χ1n) is 7.99. The number of carbonyl (C=O) groups excluding carboxylic acids is 2. The number of carbonyl (C=O) groups is 3. The van der Waals surface area contributed by atoms with Crippen molar-refractivity contribution in [3.05, 3.63) is 0 Å². The van der Waals surface area contributed by atoms with Gasteiger partial charge < -0.3 is 15.3 Å². The van der Waals surface area contributed by atoms with Crippen molar-refractivity contribution in [3.63, 3.8) is 0 Å². The minimum Gasteiger partial charge on any atom is -0.483 e. The van der Waals surface area contributed by atoms with Crippen molar-refractivity contribution >= 4 is 18.3 Å². The van der Waals surface area contributed by atoms with E-state index >= 15 is 0 Å². The summed E-state index contributed by atoms with van der Waals surface area (Å²) in [6, 6.07) is 0. The number of hydrogen-bond acceptors (Lipinski definition) is 3. The fourth-order valence-corrected chi connectivity index (χ4v) is 2.70. The number of nitrogens with one attached hydrogen (secondary N) is 1. The van der Waals surface area contributed by atoms with Crippen molar-refractivity contribution in [3.8, 4) is 0 Å². The Morgan fingerprint density at radius 2 is 1.60 bits per heavy atom. The van der Waals surface area contributed by atoms with Gasteiger partial charge in [0, 0.05) is 13.1 Å². The highest BCUT2D eigenvalue weighted by molar-refractivity contribution is 5.87. The molecular weight excluding hydrogens is 341 g/mol. The van der Waals surface area contributed by atoms with Crippen molar-refractivity contribution in [1.82, 2.24) is 10.2 Å². The quantitative estimate of drug-likeness (QED) is 0.731. The molecule has 1 saturated heterocycles. The molecule has 0 aromatic rings. The van der Waals surface area contributed by atoms with Gasteiger partial charge in [-0.1, -0.05) is 34.6 Å². The van der Waals surface area contributed by atoms with Crippen LogP contribution in [-0.4, -0.2) is 54.1 Å². The Hall–Kier alpha value is -1.80. The molecule has 9 heteroatoms. The average Bonchev–Trinajstić information content (AvgIpc) is 2.82. The van der Waals surface area contributed by atoms with E-state index in [2.05, 4.69) is 34.6 Å². The molecule has 2 rings (SSSR count). The van der Waals surface area contributed by atoms with Crippen molar-refractivity contribution < 1.29 is 32.7 Å². The molecule has 1 aliphatic carbocycles. The summed E-state index contributed by atoms with van der Waals surface area (Å²) in [5, 5.41) is 8.48. The molecule has 2 N–H and O–H groups in total. The van der Waals surface area contributed by atoms with Crippen LogP contribution in [0.25, 0.3) is 0 Å². The summed E-state index contributed by atoms with van der Waals surface area (Å²) >= 11 is 0. The predicted octanol–water partition coefficient (Wildman–Crippen LogP) is 2.14. The number of rotatable bonds is 2. The zero-order valence-corrected chi connectivity index (χ0v) is 15.2. The molecular formula is C16H27F3N2O4. The first kappa shape index (κ1) is 23.2. The summed E-state index contributed by atoms with van der Waals surface area (Å²) < 4.78 is 35.7. The van der Waals surface area contributed by atoms with Crippen LogP contribution in [0.1, 0.15) is 34.6 Å². The third-order valence-electron chi connectivity index (χ3n) is 4.13. The molecule has 2 unspecified atom stereocenters. The van der Waals surface area contributed by atoms with E-state index in [4.69, 9.17) is 9.90 Å². The number of piperidine rings is 1. The van der Waals surface area contributed by atoms with Gasteiger partial charge in [0.25, 0.3) is 6.47 Å². The Morgan fingerprint density at radius 3 is 1.92 bits per heavy atom. The van der Waals surface area contributed by atoms with Crippen LogP contribution in [0.5, 0.6) is 0 Å². The lowest BCUT2D eigenvalue weighted by Crippen LogP contribution is -2.44. The second-order valence-corrected chi connectivity index (χ2v) is 7.35. The van der Waals surface area contributed by atoms with Gasteiger partial charge in [0.05, 0.1) is 6.54 Å². The maximum absolute atomic E-state index is 11.9. The van der Waals surface area contributed by atoms with E-state index in [1.807, 2.05) is 0 Å². The third kappa shape index (κ3) is 7.31. The Labute approximate surface area is 145 Å². The van der Waals surface area contributed by atoms with E-state index < -0.39 is 24.5 Å². The van der Waals surface area contributed by atoms with Crippen molar-refractivity contribution in [2.24, 2.45) is 23.2 Å². The molecule has 146 valence electrons. The Kier molecular flexibility index (Phi) is 8.40. The van der Waals surface area contributed by atoms with E-state index in [0.717, 1.165) is 5.92 Å². The fraction of sp³-hybridized carbons (Fsp3) is 0.812. The maximum Gasteiger partial charge on any atom is 0.471 e. The molecule has 25 heavy (non-hydrogen) atoms. The Balaban J connectivity index is 0.000000708. The Bertz CT molecular complexity index is 462. The van der Waals surface area contributed by atoms with Crippen molar-refractivity contribution in [2.75, 3.05) is 19.6 Å². The molecule has 2 fully saturated rings. The summed E-state index contributed by atoms with van der Waals surface area (Å²) in [6.07, 6.45) is -4.94. The van der Waals surface area contributed by atoms with Crippen molar-refractivity contribution in [2.45, 2.75) is 40.8 Å². The number of hydrogen-bond donors (Lipinski definition) is 2. The lowest BCUT2D eigenvalue weighted by atomic mass is 10.1. The second-order valence-electron chi connectivity index (χ2n) is 7.35. The van der Waals surface area contributed by atoms with Gasteiger partial charge in [-0.05, 0) is 23.2 Å². The van der Waals surface area contributed by atoms with Crippen LogP contribution in [0.3, 0.4) is 0 Å². The Morgan fingerprint density at radius 1 is 1.24 bits per heavy atom. The summed E-state index contributed by atoms with van der Waals surface area (Å²) in [7, 11) is 0. The van der Waals surface area contributed by atoms with Gasteiger partial charge in [-0.2, -0.15) is 13.2 Å². The van der Waals surface area contributed by atoms with Gasteiger partial charge in [0.2, 0.25) is 5.91 Å². The molecule has 2 atom stereocenters. The van der Waals surface area contributed by atoms with Crippen LogP contribution in [0.4, 0.5) is 13.2 Å². The first-order chi connectivity index (χ1) is 11.3. The molecule has 2 aliphatic rings. The minimum atomic E-state index is -4.94. The molecule has 0 radical (unpaired) electrons. The van der Waals surface area contributed by atoms with Crippen LogP contribution in [0.2, 0.25) is 0 Å². The standard InChI is InChI=1S/C11H15F3N2O2.C4H10.CH2O2/c1-10(2)6-4-16(5-7(6)10)8(17)3-15-9(18)11(12,13)14;1-4(2)3;2-1-3/h6-7H,3-5H2,1-2H3,(H,15,18);4H,1-3H3;1H,(H,2,3). The van der Waals surface area contributed by atoms with E-state index in [-0.39, 0.29) is 11.9 Å². The molecule has 0 aromatic carbocycles. The van der Waals surface area contributed by atoms with Crippen LogP contribution in [-0.2, 0) is 14.4 Å². The molecule has 1 saturated carbocycles. The van der Waals surface area contributed by atoms with Crippen LogP contribution in [0, 0.1) is 23.2 Å². The molecule has 6 nitrogen and oxygen atoms in total. The first-order valence-corrected chi connectivity index (χ1v) is 7.99. The summed E-state index contributed by atoms with van der Waals surface area (Å²) in [4.78, 5) is 32.0. The maximum atomic E-state index is 11.9. The third-order valence-corrected chi connectivity index (χ3v) is 4.13. The van der Waals surface area contributed by atoms with Gasteiger partial charge in [0.15, 0.2) is 0 Å². The minimum absolute atomic E-state index is 0.242. The monoisotopic (exact) mass is 368 g/mol. The summed E-state index contributed by atoms with van der Waals surface area (Å²) in [5.41, 5.74) is 0.242. The zero-order chi connectivity index (χ0) is 20.0.